The molecule has 0 spiro atoms. The molecule has 0 saturated carbocycles. The van der Waals surface area contributed by atoms with Crippen molar-refractivity contribution in [2.24, 2.45) is 7.05 Å². The largest absolute Gasteiger partial charge is 0.507 e. The molecule has 2 aromatic heterocycles. The molecule has 3 aliphatic rings. The van der Waals surface area contributed by atoms with Crippen molar-refractivity contribution in [3.05, 3.63) is 82.5 Å². The van der Waals surface area contributed by atoms with Gasteiger partial charge in [-0.3, -0.25) is 14.5 Å². The third kappa shape index (κ3) is 3.43. The zero-order chi connectivity index (χ0) is 26.3. The van der Waals surface area contributed by atoms with Crippen LogP contribution in [0.5, 0.6) is 5.75 Å². The summed E-state index contributed by atoms with van der Waals surface area (Å²) >= 11 is 6.54. The number of phenolic OH excluding ortho intramolecular Hbond substituents is 1. The second-order valence-electron chi connectivity index (χ2n) is 10.9. The van der Waals surface area contributed by atoms with Gasteiger partial charge in [-0.1, -0.05) is 17.7 Å². The number of aromatic hydroxyl groups is 1. The number of pyridine rings is 1. The van der Waals surface area contributed by atoms with Gasteiger partial charge >= 0.3 is 5.69 Å². The van der Waals surface area contributed by atoms with E-state index in [9.17, 15) is 14.3 Å². The number of aromatic nitrogens is 3. The van der Waals surface area contributed by atoms with Crippen molar-refractivity contribution < 1.29 is 9.50 Å². The fourth-order valence-electron chi connectivity index (χ4n) is 6.72. The van der Waals surface area contributed by atoms with Crippen LogP contribution in [0, 0.1) is 5.82 Å². The number of halogens is 2. The molecule has 0 bridgehead atoms. The van der Waals surface area contributed by atoms with Gasteiger partial charge in [0.15, 0.2) is 0 Å². The number of nitrogens with zero attached hydrogens (tertiary/aromatic N) is 5. The molecule has 7 nitrogen and oxygen atoms in total. The lowest BCUT2D eigenvalue weighted by atomic mass is 9.95. The van der Waals surface area contributed by atoms with Crippen LogP contribution in [0.3, 0.4) is 0 Å². The number of piperazine rings is 1. The van der Waals surface area contributed by atoms with E-state index < -0.39 is 5.82 Å². The number of imidazole rings is 1. The Bertz CT molecular complexity index is 1670. The third-order valence-electron chi connectivity index (χ3n) is 8.62. The summed E-state index contributed by atoms with van der Waals surface area (Å²) in [6, 6.07) is 10.9. The van der Waals surface area contributed by atoms with Gasteiger partial charge in [0.2, 0.25) is 0 Å². The molecule has 4 aromatic rings. The average Bonchev–Trinajstić information content (AvgIpc) is 3.15. The van der Waals surface area contributed by atoms with Crippen LogP contribution in [0.2, 0.25) is 5.02 Å². The highest BCUT2D eigenvalue weighted by Gasteiger charge is 2.67. The average molecular weight is 532 g/mol. The molecule has 38 heavy (non-hydrogen) atoms. The van der Waals surface area contributed by atoms with Gasteiger partial charge in [0, 0.05) is 67.5 Å². The van der Waals surface area contributed by atoms with E-state index in [1.807, 2.05) is 12.3 Å². The minimum Gasteiger partial charge on any atom is -0.507 e. The monoisotopic (exact) mass is 531 g/mol. The van der Waals surface area contributed by atoms with E-state index in [0.717, 1.165) is 18.8 Å². The number of hydrogen-bond donors (Lipinski definition) is 1. The maximum absolute atomic E-state index is 14.9. The standard InChI is InChI=1S/C29H27ClFN5O2/c1-29-16-34(15-20-4-6-26(29)36(20)29)21-9-18(13-32-14-21)23-12-19(31)11-22(27(23)37)17-3-5-25(24(30)10-17)35-8-7-33(2)28(35)38/h3,5,7-14,20,26,37H,4,6,15-16H2,1-2H3. The highest BCUT2D eigenvalue weighted by molar-refractivity contribution is 6.32. The molecular formula is C29H27ClFN5O2. The Balaban J connectivity index is 1.24. The van der Waals surface area contributed by atoms with Crippen LogP contribution in [0.25, 0.3) is 27.9 Å². The Hall–Kier alpha value is -3.62. The normalized spacial score (nSPS) is 25.5. The number of hydrogen-bond acceptors (Lipinski definition) is 5. The molecule has 1 N–H and O–H groups in total. The SMILES string of the molecule is Cn1ccn(-c2ccc(-c3cc(F)cc(-c4cncc(N5CC6CCC7N6C7(C)C5)c4)c3O)cc2Cl)c1=O. The summed E-state index contributed by atoms with van der Waals surface area (Å²) in [5.41, 5.74) is 3.35. The van der Waals surface area contributed by atoms with Gasteiger partial charge in [0.05, 0.1) is 28.1 Å². The topological polar surface area (TPSA) is 66.3 Å². The first-order valence-electron chi connectivity index (χ1n) is 12.8. The molecule has 0 aliphatic carbocycles. The number of fused-ring (bicyclic) bond motifs is 1. The number of piperidine rings is 1. The van der Waals surface area contributed by atoms with Crippen molar-refractivity contribution in [2.75, 3.05) is 18.0 Å². The van der Waals surface area contributed by atoms with E-state index in [1.54, 1.807) is 43.8 Å². The Labute approximate surface area is 224 Å². The summed E-state index contributed by atoms with van der Waals surface area (Å²) in [6.45, 7) is 4.23. The molecule has 3 aliphatic heterocycles. The highest BCUT2D eigenvalue weighted by atomic mass is 35.5. The molecule has 0 radical (unpaired) electrons. The Morgan fingerprint density at radius 1 is 1.08 bits per heavy atom. The van der Waals surface area contributed by atoms with Gasteiger partial charge in [-0.25, -0.2) is 9.18 Å². The van der Waals surface area contributed by atoms with Crippen LogP contribution >= 0.6 is 11.6 Å². The molecule has 194 valence electrons. The number of benzene rings is 2. The van der Waals surface area contributed by atoms with Gasteiger partial charge in [-0.15, -0.1) is 0 Å². The van der Waals surface area contributed by atoms with Crippen LogP contribution < -0.4 is 10.6 Å². The Morgan fingerprint density at radius 3 is 2.58 bits per heavy atom. The quantitative estimate of drug-likeness (QED) is 0.382. The van der Waals surface area contributed by atoms with Crippen LogP contribution in [0.1, 0.15) is 19.8 Å². The zero-order valence-corrected chi connectivity index (χ0v) is 21.9. The fraction of sp³-hybridized carbons (Fsp3) is 0.310. The van der Waals surface area contributed by atoms with Crippen molar-refractivity contribution in [3.8, 4) is 33.7 Å². The molecule has 0 amide bonds. The van der Waals surface area contributed by atoms with Crippen molar-refractivity contribution in [1.82, 2.24) is 19.0 Å². The van der Waals surface area contributed by atoms with Gasteiger partial charge in [-0.2, -0.15) is 0 Å². The van der Waals surface area contributed by atoms with E-state index in [0.29, 0.717) is 45.0 Å². The lowest BCUT2D eigenvalue weighted by Gasteiger charge is -2.38. The first-order chi connectivity index (χ1) is 18.2. The molecule has 9 heteroatoms. The van der Waals surface area contributed by atoms with Crippen LogP contribution in [-0.2, 0) is 7.05 Å². The molecule has 4 unspecified atom stereocenters. The van der Waals surface area contributed by atoms with Crippen molar-refractivity contribution in [1.29, 1.82) is 0 Å². The van der Waals surface area contributed by atoms with E-state index in [4.69, 9.17) is 11.6 Å². The first kappa shape index (κ1) is 23.5. The number of rotatable bonds is 4. The molecule has 3 saturated heterocycles. The molecule has 2 aromatic carbocycles. The Morgan fingerprint density at radius 2 is 1.87 bits per heavy atom. The number of anilines is 1. The number of aryl methyl sites for hydroxylation is 1. The fourth-order valence-corrected chi connectivity index (χ4v) is 6.99. The maximum atomic E-state index is 14.9. The maximum Gasteiger partial charge on any atom is 0.332 e. The molecular weight excluding hydrogens is 505 g/mol. The smallest absolute Gasteiger partial charge is 0.332 e. The minimum absolute atomic E-state index is 0.0518. The lowest BCUT2D eigenvalue weighted by Crippen LogP contribution is -2.50. The summed E-state index contributed by atoms with van der Waals surface area (Å²) < 4.78 is 17.8. The predicted octanol–water partition coefficient (Wildman–Crippen LogP) is 4.83. The predicted molar refractivity (Wildman–Crippen MR) is 146 cm³/mol. The van der Waals surface area contributed by atoms with Gasteiger partial charge in [-0.05, 0) is 55.7 Å². The molecule has 4 atom stereocenters. The summed E-state index contributed by atoms with van der Waals surface area (Å²) in [4.78, 5) is 21.8. The van der Waals surface area contributed by atoms with E-state index in [-0.39, 0.29) is 17.0 Å². The highest BCUT2D eigenvalue weighted by Crippen LogP contribution is 2.55. The third-order valence-corrected chi connectivity index (χ3v) is 8.93. The Kier molecular flexibility index (Phi) is 5.06. The number of phenols is 1. The van der Waals surface area contributed by atoms with E-state index in [2.05, 4.69) is 21.7 Å². The first-order valence-corrected chi connectivity index (χ1v) is 13.2. The summed E-state index contributed by atoms with van der Waals surface area (Å²) in [6.07, 6.45) is 9.28. The van der Waals surface area contributed by atoms with Crippen molar-refractivity contribution in [3.63, 3.8) is 0 Å². The summed E-state index contributed by atoms with van der Waals surface area (Å²) in [5.74, 6) is -0.529. The minimum atomic E-state index is -0.478. The van der Waals surface area contributed by atoms with Crippen molar-refractivity contribution in [2.45, 2.75) is 37.4 Å². The second-order valence-corrected chi connectivity index (χ2v) is 11.3. The van der Waals surface area contributed by atoms with Crippen LogP contribution in [0.4, 0.5) is 10.1 Å². The van der Waals surface area contributed by atoms with Gasteiger partial charge in [0.1, 0.15) is 11.6 Å². The summed E-state index contributed by atoms with van der Waals surface area (Å²) in [5, 5.41) is 11.6. The van der Waals surface area contributed by atoms with Gasteiger partial charge < -0.3 is 14.6 Å². The molecule has 7 rings (SSSR count). The van der Waals surface area contributed by atoms with Gasteiger partial charge in [0.25, 0.3) is 0 Å². The van der Waals surface area contributed by atoms with Crippen molar-refractivity contribution >= 4 is 17.3 Å². The van der Waals surface area contributed by atoms with Crippen LogP contribution in [-0.4, -0.2) is 54.8 Å². The zero-order valence-electron chi connectivity index (χ0n) is 21.1. The molecule has 5 heterocycles. The molecule has 3 fully saturated rings. The summed E-state index contributed by atoms with van der Waals surface area (Å²) in [7, 11) is 1.66. The van der Waals surface area contributed by atoms with E-state index in [1.165, 1.54) is 34.1 Å². The van der Waals surface area contributed by atoms with E-state index >= 15 is 0 Å². The lowest BCUT2D eigenvalue weighted by molar-refractivity contribution is 0.290. The second kappa shape index (κ2) is 8.19. The van der Waals surface area contributed by atoms with Crippen LogP contribution in [0.15, 0.2) is 66.0 Å².